The molecular weight excluding hydrogens is 278 g/mol. The molecule has 0 radical (unpaired) electrons. The molecule has 0 aliphatic rings. The molecule has 0 aliphatic heterocycles. The molecule has 3 heteroatoms. The van der Waals surface area contributed by atoms with E-state index in [-0.39, 0.29) is 5.75 Å². The van der Waals surface area contributed by atoms with Crippen molar-refractivity contribution < 1.29 is 5.11 Å². The van der Waals surface area contributed by atoms with Crippen LogP contribution in [-0.4, -0.2) is 11.3 Å². The molecular formula is C14H12BrNO. The summed E-state index contributed by atoms with van der Waals surface area (Å²) in [5.41, 5.74) is 2.77. The second-order valence-electron chi connectivity index (χ2n) is 3.80. The van der Waals surface area contributed by atoms with E-state index in [1.54, 1.807) is 18.3 Å². The molecule has 0 spiro atoms. The molecule has 2 aromatic rings. The van der Waals surface area contributed by atoms with Crippen molar-refractivity contribution in [3.8, 4) is 5.75 Å². The number of rotatable bonds is 2. The maximum atomic E-state index is 9.65. The van der Waals surface area contributed by atoms with Gasteiger partial charge in [0.15, 0.2) is 0 Å². The summed E-state index contributed by atoms with van der Waals surface area (Å²) < 4.78 is 0.917. The number of phenolic OH excluding ortho intramolecular Hbond substituents is 1. The summed E-state index contributed by atoms with van der Waals surface area (Å²) >= 11 is 3.36. The number of halogens is 1. The third kappa shape index (κ3) is 3.17. The number of aromatic hydroxyl groups is 1. The zero-order valence-electron chi connectivity index (χ0n) is 9.39. The Morgan fingerprint density at radius 2 is 1.82 bits per heavy atom. The normalized spacial score (nSPS) is 10.9. The van der Waals surface area contributed by atoms with Crippen LogP contribution in [-0.2, 0) is 0 Å². The average molecular weight is 290 g/mol. The van der Waals surface area contributed by atoms with Gasteiger partial charge in [0, 0.05) is 16.3 Å². The van der Waals surface area contributed by atoms with Crippen molar-refractivity contribution in [3.63, 3.8) is 0 Å². The first-order chi connectivity index (χ1) is 8.15. The van der Waals surface area contributed by atoms with Gasteiger partial charge in [0.1, 0.15) is 5.75 Å². The van der Waals surface area contributed by atoms with E-state index >= 15 is 0 Å². The van der Waals surface area contributed by atoms with Gasteiger partial charge >= 0.3 is 0 Å². The molecule has 0 saturated heterocycles. The molecule has 2 nitrogen and oxygen atoms in total. The molecule has 0 atom stereocenters. The molecule has 0 aromatic heterocycles. The van der Waals surface area contributed by atoms with E-state index in [1.165, 1.54) is 5.56 Å². The quantitative estimate of drug-likeness (QED) is 0.825. The summed E-state index contributed by atoms with van der Waals surface area (Å²) in [6.07, 6.45) is 1.66. The molecule has 0 aliphatic carbocycles. The second-order valence-corrected chi connectivity index (χ2v) is 4.71. The molecule has 86 valence electrons. The highest BCUT2D eigenvalue weighted by Gasteiger charge is 1.98. The molecule has 0 fully saturated rings. The van der Waals surface area contributed by atoms with Gasteiger partial charge in [0.25, 0.3) is 0 Å². The zero-order chi connectivity index (χ0) is 12.3. The highest BCUT2D eigenvalue weighted by atomic mass is 79.9. The molecule has 17 heavy (non-hydrogen) atoms. The highest BCUT2D eigenvalue weighted by Crippen LogP contribution is 2.21. The Balaban J connectivity index is 2.25. The van der Waals surface area contributed by atoms with E-state index in [1.807, 2.05) is 37.3 Å². The Bertz CT molecular complexity index is 547. The van der Waals surface area contributed by atoms with Gasteiger partial charge in [0.2, 0.25) is 0 Å². The van der Waals surface area contributed by atoms with Gasteiger partial charge in [-0.3, -0.25) is 4.99 Å². The number of hydrogen-bond donors (Lipinski definition) is 1. The molecule has 2 rings (SSSR count). The maximum absolute atomic E-state index is 9.65. The first-order valence-corrected chi connectivity index (χ1v) is 6.04. The topological polar surface area (TPSA) is 32.6 Å². The Labute approximate surface area is 109 Å². The smallest absolute Gasteiger partial charge is 0.124 e. The second kappa shape index (κ2) is 5.15. The predicted molar refractivity (Wildman–Crippen MR) is 74.2 cm³/mol. The van der Waals surface area contributed by atoms with Crippen molar-refractivity contribution >= 4 is 27.8 Å². The number of aryl methyl sites for hydroxylation is 1. The molecule has 0 amide bonds. The van der Waals surface area contributed by atoms with Crippen LogP contribution in [0.4, 0.5) is 5.69 Å². The van der Waals surface area contributed by atoms with Crippen molar-refractivity contribution in [2.24, 2.45) is 4.99 Å². The van der Waals surface area contributed by atoms with Gasteiger partial charge in [-0.25, -0.2) is 0 Å². The van der Waals surface area contributed by atoms with Gasteiger partial charge in [-0.2, -0.15) is 0 Å². The van der Waals surface area contributed by atoms with E-state index in [2.05, 4.69) is 20.9 Å². The van der Waals surface area contributed by atoms with Crippen LogP contribution >= 0.6 is 15.9 Å². The molecule has 2 aromatic carbocycles. The fraction of sp³-hybridized carbons (Fsp3) is 0.0714. The summed E-state index contributed by atoms with van der Waals surface area (Å²) in [6.45, 7) is 2.04. The lowest BCUT2D eigenvalue weighted by Crippen LogP contribution is -1.82. The third-order valence-corrected chi connectivity index (χ3v) is 2.87. The van der Waals surface area contributed by atoms with Crippen LogP contribution in [0.25, 0.3) is 0 Å². The zero-order valence-corrected chi connectivity index (χ0v) is 11.0. The van der Waals surface area contributed by atoms with Crippen molar-refractivity contribution in [1.82, 2.24) is 0 Å². The van der Waals surface area contributed by atoms with E-state index in [0.717, 1.165) is 10.2 Å². The largest absolute Gasteiger partial charge is 0.507 e. The first kappa shape index (κ1) is 11.9. The van der Waals surface area contributed by atoms with Gasteiger partial charge < -0.3 is 5.11 Å². The summed E-state index contributed by atoms with van der Waals surface area (Å²) in [5, 5.41) is 9.65. The minimum absolute atomic E-state index is 0.226. The number of nitrogens with zero attached hydrogens (tertiary/aromatic N) is 1. The van der Waals surface area contributed by atoms with Crippen LogP contribution < -0.4 is 0 Å². The average Bonchev–Trinajstić information content (AvgIpc) is 2.32. The van der Waals surface area contributed by atoms with E-state index in [9.17, 15) is 5.11 Å². The van der Waals surface area contributed by atoms with Gasteiger partial charge in [-0.15, -0.1) is 0 Å². The summed E-state index contributed by atoms with van der Waals surface area (Å²) in [5.74, 6) is 0.226. The number of aliphatic imine (C=N–C) groups is 1. The van der Waals surface area contributed by atoms with Crippen LogP contribution in [0, 0.1) is 6.92 Å². The minimum Gasteiger partial charge on any atom is -0.507 e. The van der Waals surface area contributed by atoms with Crippen LogP contribution in [0.15, 0.2) is 51.9 Å². The standard InChI is InChI=1S/C14H12BrNO/c1-10-2-5-13(6-3-10)16-9-11-8-12(15)4-7-14(11)17/h2-9,17H,1H3/b16-9+. The van der Waals surface area contributed by atoms with Gasteiger partial charge in [-0.05, 0) is 37.3 Å². The molecule has 1 N–H and O–H groups in total. The van der Waals surface area contributed by atoms with Crippen molar-refractivity contribution in [2.45, 2.75) is 6.92 Å². The Kier molecular flexibility index (Phi) is 3.59. The fourth-order valence-electron chi connectivity index (χ4n) is 1.40. The summed E-state index contributed by atoms with van der Waals surface area (Å²) in [7, 11) is 0. The minimum atomic E-state index is 0.226. The Hall–Kier alpha value is -1.61. The summed E-state index contributed by atoms with van der Waals surface area (Å²) in [6, 6.07) is 13.2. The number of phenols is 1. The van der Waals surface area contributed by atoms with Crippen LogP contribution in [0.3, 0.4) is 0 Å². The highest BCUT2D eigenvalue weighted by molar-refractivity contribution is 9.10. The Morgan fingerprint density at radius 3 is 2.53 bits per heavy atom. The van der Waals surface area contributed by atoms with Crippen LogP contribution in [0.1, 0.15) is 11.1 Å². The lowest BCUT2D eigenvalue weighted by molar-refractivity contribution is 0.474. The number of benzene rings is 2. The summed E-state index contributed by atoms with van der Waals surface area (Å²) in [4.78, 5) is 4.31. The van der Waals surface area contributed by atoms with Crippen molar-refractivity contribution in [1.29, 1.82) is 0 Å². The number of hydrogen-bond acceptors (Lipinski definition) is 2. The van der Waals surface area contributed by atoms with Crippen molar-refractivity contribution in [2.75, 3.05) is 0 Å². The van der Waals surface area contributed by atoms with Crippen LogP contribution in [0.2, 0.25) is 0 Å². The molecule has 0 unspecified atom stereocenters. The maximum Gasteiger partial charge on any atom is 0.124 e. The van der Waals surface area contributed by atoms with E-state index in [4.69, 9.17) is 0 Å². The first-order valence-electron chi connectivity index (χ1n) is 5.24. The monoisotopic (exact) mass is 289 g/mol. The fourth-order valence-corrected chi connectivity index (χ4v) is 1.78. The Morgan fingerprint density at radius 1 is 1.12 bits per heavy atom. The van der Waals surface area contributed by atoms with E-state index in [0.29, 0.717) is 5.56 Å². The molecule has 0 bridgehead atoms. The molecule has 0 heterocycles. The lowest BCUT2D eigenvalue weighted by Gasteiger charge is -1.99. The predicted octanol–water partition coefficient (Wildman–Crippen LogP) is 4.21. The van der Waals surface area contributed by atoms with Crippen molar-refractivity contribution in [3.05, 3.63) is 58.1 Å². The van der Waals surface area contributed by atoms with Crippen LogP contribution in [0.5, 0.6) is 5.75 Å². The lowest BCUT2D eigenvalue weighted by atomic mass is 10.2. The SMILES string of the molecule is Cc1ccc(/N=C/c2cc(Br)ccc2O)cc1. The van der Waals surface area contributed by atoms with Gasteiger partial charge in [0.05, 0.1) is 5.69 Å². The molecule has 0 saturated carbocycles. The third-order valence-electron chi connectivity index (χ3n) is 2.38. The van der Waals surface area contributed by atoms with E-state index < -0.39 is 0 Å². The van der Waals surface area contributed by atoms with Gasteiger partial charge in [-0.1, -0.05) is 33.6 Å².